The number of methoxy groups -OCH3 is 2. The molecule has 1 aromatic carbocycles. The SMILES string of the molecule is COC(=O)/C=C(/Nc1cc(Cl)c(Cl)c(OC(F)(F)F)c1)C(=O)OC. The number of ether oxygens (including phenoxy) is 3. The molecule has 0 atom stereocenters. The number of alkyl halides is 3. The van der Waals surface area contributed by atoms with Crippen molar-refractivity contribution in [3.05, 3.63) is 34.0 Å². The molecule has 0 saturated carbocycles. The molecule has 0 aliphatic heterocycles. The molecular formula is C13H10Cl2F3NO5. The predicted octanol–water partition coefficient (Wildman–Crippen LogP) is 3.53. The summed E-state index contributed by atoms with van der Waals surface area (Å²) in [5, 5.41) is 1.63. The summed E-state index contributed by atoms with van der Waals surface area (Å²) in [5.41, 5.74) is -0.509. The van der Waals surface area contributed by atoms with Crippen LogP contribution in [0.5, 0.6) is 5.75 Å². The van der Waals surface area contributed by atoms with E-state index >= 15 is 0 Å². The highest BCUT2D eigenvalue weighted by atomic mass is 35.5. The summed E-state index contributed by atoms with van der Waals surface area (Å²) in [4.78, 5) is 22.8. The second kappa shape index (κ2) is 8.11. The number of carbonyl (C=O) groups excluding carboxylic acids is 2. The molecule has 1 N–H and O–H groups in total. The highest BCUT2D eigenvalue weighted by Gasteiger charge is 2.32. The summed E-state index contributed by atoms with van der Waals surface area (Å²) < 4.78 is 49.6. The van der Waals surface area contributed by atoms with Crippen LogP contribution < -0.4 is 10.1 Å². The molecule has 1 rings (SSSR count). The molecule has 0 heterocycles. The molecule has 24 heavy (non-hydrogen) atoms. The van der Waals surface area contributed by atoms with Crippen LogP contribution in [0.3, 0.4) is 0 Å². The molecule has 0 unspecified atom stereocenters. The average molecular weight is 388 g/mol. The van der Waals surface area contributed by atoms with Gasteiger partial charge in [-0.25, -0.2) is 9.59 Å². The summed E-state index contributed by atoms with van der Waals surface area (Å²) in [6.45, 7) is 0. The van der Waals surface area contributed by atoms with Crippen LogP contribution in [0.15, 0.2) is 23.9 Å². The lowest BCUT2D eigenvalue weighted by atomic mass is 10.2. The summed E-state index contributed by atoms with van der Waals surface area (Å²) >= 11 is 11.4. The molecule has 0 aromatic heterocycles. The van der Waals surface area contributed by atoms with Gasteiger partial charge in [0.25, 0.3) is 0 Å². The fourth-order valence-electron chi connectivity index (χ4n) is 1.42. The molecule has 0 aliphatic rings. The van der Waals surface area contributed by atoms with Crippen molar-refractivity contribution >= 4 is 40.8 Å². The molecule has 132 valence electrons. The zero-order valence-corrected chi connectivity index (χ0v) is 13.7. The van der Waals surface area contributed by atoms with Crippen molar-refractivity contribution in [3.63, 3.8) is 0 Å². The number of carbonyl (C=O) groups is 2. The van der Waals surface area contributed by atoms with Crippen molar-refractivity contribution in [2.75, 3.05) is 19.5 Å². The third kappa shape index (κ3) is 5.82. The minimum atomic E-state index is -5.00. The Kier molecular flexibility index (Phi) is 6.73. The first-order valence-electron chi connectivity index (χ1n) is 5.97. The standard InChI is InChI=1S/C13H10Cl2F3NO5/c1-22-10(20)5-8(12(21)23-2)19-6-3-7(14)11(15)9(4-6)24-13(16,17)18/h3-5,19H,1-2H3/b8-5+. The lowest BCUT2D eigenvalue weighted by molar-refractivity contribution is -0.274. The summed E-state index contributed by atoms with van der Waals surface area (Å²) in [6.07, 6.45) is -4.25. The Hall–Kier alpha value is -2.13. The van der Waals surface area contributed by atoms with Crippen molar-refractivity contribution in [1.82, 2.24) is 0 Å². The van der Waals surface area contributed by atoms with Crippen LogP contribution in [0.4, 0.5) is 18.9 Å². The minimum Gasteiger partial charge on any atom is -0.466 e. The smallest absolute Gasteiger partial charge is 0.466 e. The van der Waals surface area contributed by atoms with Gasteiger partial charge in [-0.1, -0.05) is 23.2 Å². The fourth-order valence-corrected chi connectivity index (χ4v) is 1.78. The zero-order chi connectivity index (χ0) is 18.5. The second-order valence-corrected chi connectivity index (χ2v) is 4.80. The zero-order valence-electron chi connectivity index (χ0n) is 12.2. The Morgan fingerprint density at radius 2 is 1.79 bits per heavy atom. The van der Waals surface area contributed by atoms with Gasteiger partial charge in [-0.05, 0) is 6.07 Å². The van der Waals surface area contributed by atoms with Crippen LogP contribution in [-0.4, -0.2) is 32.5 Å². The highest BCUT2D eigenvalue weighted by molar-refractivity contribution is 6.43. The Balaban J connectivity index is 3.23. The lowest BCUT2D eigenvalue weighted by Crippen LogP contribution is -2.18. The highest BCUT2D eigenvalue weighted by Crippen LogP contribution is 2.38. The third-order valence-corrected chi connectivity index (χ3v) is 3.15. The van der Waals surface area contributed by atoms with Crippen LogP contribution in [0, 0.1) is 0 Å². The molecular weight excluding hydrogens is 378 g/mol. The Labute approximate surface area is 144 Å². The Morgan fingerprint density at radius 3 is 2.29 bits per heavy atom. The van der Waals surface area contributed by atoms with Crippen LogP contribution in [-0.2, 0) is 19.1 Å². The van der Waals surface area contributed by atoms with E-state index in [0.717, 1.165) is 32.4 Å². The van der Waals surface area contributed by atoms with Crippen molar-refractivity contribution in [2.45, 2.75) is 6.36 Å². The van der Waals surface area contributed by atoms with E-state index in [9.17, 15) is 22.8 Å². The average Bonchev–Trinajstić information content (AvgIpc) is 2.49. The first-order valence-corrected chi connectivity index (χ1v) is 6.72. The monoisotopic (exact) mass is 387 g/mol. The van der Waals surface area contributed by atoms with E-state index < -0.39 is 34.8 Å². The maximum absolute atomic E-state index is 12.4. The number of benzene rings is 1. The van der Waals surface area contributed by atoms with Gasteiger partial charge >= 0.3 is 18.3 Å². The normalized spacial score (nSPS) is 11.7. The molecule has 1 aromatic rings. The van der Waals surface area contributed by atoms with Crippen LogP contribution in [0.25, 0.3) is 0 Å². The topological polar surface area (TPSA) is 73.9 Å². The number of rotatable bonds is 5. The van der Waals surface area contributed by atoms with Crippen LogP contribution in [0.1, 0.15) is 0 Å². The van der Waals surface area contributed by atoms with Gasteiger partial charge in [-0.15, -0.1) is 13.2 Å². The van der Waals surface area contributed by atoms with E-state index in [2.05, 4.69) is 19.5 Å². The molecule has 0 saturated heterocycles. The molecule has 0 bridgehead atoms. The molecule has 0 amide bonds. The summed E-state index contributed by atoms with van der Waals surface area (Å²) in [5.74, 6) is -2.65. The largest absolute Gasteiger partial charge is 0.573 e. The maximum Gasteiger partial charge on any atom is 0.573 e. The summed E-state index contributed by atoms with van der Waals surface area (Å²) in [6, 6.07) is 1.97. The number of hydrogen-bond donors (Lipinski definition) is 1. The Morgan fingerprint density at radius 1 is 1.17 bits per heavy atom. The van der Waals surface area contributed by atoms with E-state index in [1.54, 1.807) is 0 Å². The molecule has 0 fully saturated rings. The van der Waals surface area contributed by atoms with Gasteiger partial charge in [0.1, 0.15) is 10.7 Å². The fraction of sp³-hybridized carbons (Fsp3) is 0.231. The first kappa shape index (κ1) is 19.9. The lowest BCUT2D eigenvalue weighted by Gasteiger charge is -2.14. The molecule has 6 nitrogen and oxygen atoms in total. The van der Waals surface area contributed by atoms with Crippen molar-refractivity contribution < 1.29 is 37.0 Å². The number of halogens is 5. The number of anilines is 1. The van der Waals surface area contributed by atoms with Gasteiger partial charge in [0.2, 0.25) is 0 Å². The predicted molar refractivity (Wildman–Crippen MR) is 78.9 cm³/mol. The maximum atomic E-state index is 12.4. The van der Waals surface area contributed by atoms with Gasteiger partial charge < -0.3 is 19.5 Å². The van der Waals surface area contributed by atoms with E-state index in [1.807, 2.05) is 0 Å². The molecule has 0 spiro atoms. The van der Waals surface area contributed by atoms with Gasteiger partial charge in [0.15, 0.2) is 5.75 Å². The first-order chi connectivity index (χ1) is 11.1. The minimum absolute atomic E-state index is 0.107. The number of hydrogen-bond acceptors (Lipinski definition) is 6. The van der Waals surface area contributed by atoms with E-state index in [0.29, 0.717) is 0 Å². The molecule has 0 radical (unpaired) electrons. The van der Waals surface area contributed by atoms with Crippen molar-refractivity contribution in [1.29, 1.82) is 0 Å². The number of esters is 2. The number of nitrogens with one attached hydrogen (secondary N) is 1. The van der Waals surface area contributed by atoms with Crippen LogP contribution in [0.2, 0.25) is 10.0 Å². The van der Waals surface area contributed by atoms with E-state index in [4.69, 9.17) is 23.2 Å². The van der Waals surface area contributed by atoms with E-state index in [1.165, 1.54) is 0 Å². The molecule has 0 aliphatic carbocycles. The second-order valence-electron chi connectivity index (χ2n) is 4.02. The van der Waals surface area contributed by atoms with Gasteiger partial charge in [0, 0.05) is 11.8 Å². The van der Waals surface area contributed by atoms with Gasteiger partial charge in [-0.2, -0.15) is 0 Å². The van der Waals surface area contributed by atoms with Crippen LogP contribution >= 0.6 is 23.2 Å². The summed E-state index contributed by atoms with van der Waals surface area (Å²) in [7, 11) is 2.12. The molecule has 11 heteroatoms. The van der Waals surface area contributed by atoms with Crippen molar-refractivity contribution in [2.24, 2.45) is 0 Å². The van der Waals surface area contributed by atoms with Gasteiger partial charge in [-0.3, -0.25) is 0 Å². The van der Waals surface area contributed by atoms with E-state index in [-0.39, 0.29) is 10.7 Å². The third-order valence-electron chi connectivity index (χ3n) is 2.37. The van der Waals surface area contributed by atoms with Gasteiger partial charge in [0.05, 0.1) is 25.3 Å². The van der Waals surface area contributed by atoms with Crippen molar-refractivity contribution in [3.8, 4) is 5.75 Å². The quantitative estimate of drug-likeness (QED) is 0.615. The Bertz CT molecular complexity index is 676.